The first kappa shape index (κ1) is 10.0. The van der Waals surface area contributed by atoms with Crippen LogP contribution in [-0.4, -0.2) is 28.5 Å². The molecule has 0 aromatic carbocycles. The Balaban J connectivity index is 2.84. The molecule has 0 saturated carbocycles. The molecule has 0 saturated heterocycles. The van der Waals surface area contributed by atoms with E-state index in [1.54, 1.807) is 0 Å². The summed E-state index contributed by atoms with van der Waals surface area (Å²) >= 11 is -1.90. The Labute approximate surface area is 63.4 Å². The Kier molecular flexibility index (Phi) is 7.16. The molecule has 1 atom stereocenters. The number of rotatable bonds is 6. The van der Waals surface area contributed by atoms with Gasteiger partial charge in [-0.1, -0.05) is 6.92 Å². The molecule has 0 aromatic rings. The van der Waals surface area contributed by atoms with Crippen LogP contribution in [0.3, 0.4) is 0 Å². The summed E-state index contributed by atoms with van der Waals surface area (Å²) in [5, 5.41) is 0. The van der Waals surface area contributed by atoms with Crippen LogP contribution in [0.1, 0.15) is 13.3 Å². The van der Waals surface area contributed by atoms with E-state index in [9.17, 15) is 4.21 Å². The second-order valence-electron chi connectivity index (χ2n) is 1.76. The van der Waals surface area contributed by atoms with Gasteiger partial charge >= 0.3 is 0 Å². The number of nitrogens with one attached hydrogen (secondary N) is 1. The highest BCUT2D eigenvalue weighted by atomic mass is 32.2. The van der Waals surface area contributed by atoms with Crippen molar-refractivity contribution in [3.8, 4) is 0 Å². The summed E-state index contributed by atoms with van der Waals surface area (Å²) in [5.74, 6) is 0. The molecule has 0 aliphatic rings. The van der Waals surface area contributed by atoms with Crippen LogP contribution < -0.4 is 4.72 Å². The van der Waals surface area contributed by atoms with Crippen molar-refractivity contribution in [2.24, 2.45) is 0 Å². The fourth-order valence-electron chi connectivity index (χ4n) is 0.448. The fraction of sp³-hybridized carbons (Fsp3) is 1.00. The van der Waals surface area contributed by atoms with E-state index in [1.165, 1.54) is 0 Å². The molecule has 10 heavy (non-hydrogen) atoms. The molecule has 0 amide bonds. The molecule has 0 fully saturated rings. The van der Waals surface area contributed by atoms with Gasteiger partial charge in [-0.2, -0.15) is 0 Å². The topological polar surface area (TPSA) is 58.6 Å². The minimum absolute atomic E-state index is 0.420. The number of ether oxygens (including phenoxy) is 1. The van der Waals surface area contributed by atoms with Crippen molar-refractivity contribution >= 4 is 11.3 Å². The van der Waals surface area contributed by atoms with Crippen LogP contribution in [-0.2, 0) is 16.0 Å². The van der Waals surface area contributed by atoms with Gasteiger partial charge in [0.25, 0.3) is 0 Å². The lowest BCUT2D eigenvalue weighted by molar-refractivity contribution is 0.140. The highest BCUT2D eigenvalue weighted by Gasteiger charge is 1.89. The zero-order valence-electron chi connectivity index (χ0n) is 6.00. The lowest BCUT2D eigenvalue weighted by Gasteiger charge is -2.00. The molecule has 1 unspecified atom stereocenters. The van der Waals surface area contributed by atoms with E-state index >= 15 is 0 Å². The first-order chi connectivity index (χ1) is 4.77. The normalized spacial score (nSPS) is 13.4. The van der Waals surface area contributed by atoms with Gasteiger partial charge in [-0.15, -0.1) is 0 Å². The van der Waals surface area contributed by atoms with Crippen LogP contribution in [0.2, 0.25) is 0 Å². The summed E-state index contributed by atoms with van der Waals surface area (Å²) in [6.45, 7) is 3.63. The zero-order valence-corrected chi connectivity index (χ0v) is 6.82. The van der Waals surface area contributed by atoms with Gasteiger partial charge in [0.1, 0.15) is 0 Å². The second-order valence-corrected chi connectivity index (χ2v) is 2.54. The molecule has 0 spiro atoms. The average molecular weight is 167 g/mol. The summed E-state index contributed by atoms with van der Waals surface area (Å²) < 4.78 is 25.5. The van der Waals surface area contributed by atoms with E-state index in [4.69, 9.17) is 9.29 Å². The Bertz CT molecular complexity index is 98.9. The molecule has 62 valence electrons. The van der Waals surface area contributed by atoms with Crippen LogP contribution in [0, 0.1) is 0 Å². The third kappa shape index (κ3) is 8.03. The van der Waals surface area contributed by atoms with E-state index in [2.05, 4.69) is 4.72 Å². The molecule has 0 rings (SSSR count). The first-order valence-corrected chi connectivity index (χ1v) is 4.30. The van der Waals surface area contributed by atoms with Gasteiger partial charge in [0.2, 0.25) is 11.3 Å². The molecule has 0 aliphatic carbocycles. The van der Waals surface area contributed by atoms with Gasteiger partial charge in [-0.05, 0) is 6.42 Å². The lowest BCUT2D eigenvalue weighted by Crippen LogP contribution is -2.21. The molecule has 0 bridgehead atoms. The maximum Gasteiger partial charge on any atom is 0.231 e. The average Bonchev–Trinajstić information content (AvgIpc) is 1.87. The minimum Gasteiger partial charge on any atom is -0.380 e. The largest absolute Gasteiger partial charge is 0.380 e. The van der Waals surface area contributed by atoms with Crippen molar-refractivity contribution in [3.63, 3.8) is 0 Å². The maximum absolute atomic E-state index is 9.98. The molecule has 4 nitrogen and oxygen atoms in total. The van der Waals surface area contributed by atoms with Crippen LogP contribution in [0.5, 0.6) is 0 Å². The van der Waals surface area contributed by atoms with Gasteiger partial charge in [-0.25, -0.2) is 8.93 Å². The molecule has 5 heteroatoms. The minimum atomic E-state index is -1.90. The molecule has 0 radical (unpaired) electrons. The Morgan fingerprint density at radius 3 is 2.80 bits per heavy atom. The summed E-state index contributed by atoms with van der Waals surface area (Å²) in [6.07, 6.45) is 0.974. The SMILES string of the molecule is CCCOCCNS(=O)O. The van der Waals surface area contributed by atoms with Crippen molar-refractivity contribution in [2.45, 2.75) is 13.3 Å². The summed E-state index contributed by atoms with van der Waals surface area (Å²) in [5.41, 5.74) is 0. The van der Waals surface area contributed by atoms with Crippen LogP contribution in [0.25, 0.3) is 0 Å². The van der Waals surface area contributed by atoms with E-state index in [-0.39, 0.29) is 0 Å². The standard InChI is InChI=1S/C5H13NO3S/c1-2-4-9-5-3-6-10(7)8/h6H,2-5H2,1H3,(H,7,8). The zero-order chi connectivity index (χ0) is 7.82. The first-order valence-electron chi connectivity index (χ1n) is 3.19. The smallest absolute Gasteiger partial charge is 0.231 e. The Morgan fingerprint density at radius 2 is 2.30 bits per heavy atom. The number of hydrogen-bond donors (Lipinski definition) is 2. The van der Waals surface area contributed by atoms with Crippen molar-refractivity contribution in [1.29, 1.82) is 0 Å². The van der Waals surface area contributed by atoms with Gasteiger partial charge in [0.15, 0.2) is 0 Å². The van der Waals surface area contributed by atoms with E-state index in [0.29, 0.717) is 19.8 Å². The Morgan fingerprint density at radius 1 is 1.60 bits per heavy atom. The molecule has 0 heterocycles. The highest BCUT2D eigenvalue weighted by molar-refractivity contribution is 7.77. The summed E-state index contributed by atoms with van der Waals surface area (Å²) in [4.78, 5) is 0. The van der Waals surface area contributed by atoms with Crippen molar-refractivity contribution in [1.82, 2.24) is 4.72 Å². The Hall–Kier alpha value is 0.0300. The van der Waals surface area contributed by atoms with Gasteiger partial charge in [0, 0.05) is 13.2 Å². The van der Waals surface area contributed by atoms with Crippen LogP contribution in [0.15, 0.2) is 0 Å². The van der Waals surface area contributed by atoms with E-state index < -0.39 is 11.3 Å². The summed E-state index contributed by atoms with van der Waals surface area (Å²) in [6, 6.07) is 0. The van der Waals surface area contributed by atoms with Gasteiger partial charge in [-0.3, -0.25) is 4.55 Å². The van der Waals surface area contributed by atoms with Crippen LogP contribution in [0.4, 0.5) is 0 Å². The van der Waals surface area contributed by atoms with Gasteiger partial charge < -0.3 is 4.74 Å². The maximum atomic E-state index is 9.98. The van der Waals surface area contributed by atoms with Crippen molar-refractivity contribution in [2.75, 3.05) is 19.8 Å². The third-order valence-electron chi connectivity index (χ3n) is 0.820. The van der Waals surface area contributed by atoms with Crippen LogP contribution >= 0.6 is 0 Å². The lowest BCUT2D eigenvalue weighted by atomic mass is 10.5. The van der Waals surface area contributed by atoms with Crippen molar-refractivity contribution in [3.05, 3.63) is 0 Å². The third-order valence-corrected chi connectivity index (χ3v) is 1.27. The molecule has 0 aromatic heterocycles. The van der Waals surface area contributed by atoms with E-state index in [1.807, 2.05) is 6.92 Å². The van der Waals surface area contributed by atoms with E-state index in [0.717, 1.165) is 6.42 Å². The summed E-state index contributed by atoms with van der Waals surface area (Å²) in [7, 11) is 0. The number of hydrogen-bond acceptors (Lipinski definition) is 2. The highest BCUT2D eigenvalue weighted by Crippen LogP contribution is 1.78. The predicted molar refractivity (Wildman–Crippen MR) is 39.9 cm³/mol. The monoisotopic (exact) mass is 167 g/mol. The molecule has 2 N–H and O–H groups in total. The molecular formula is C5H13NO3S. The quantitative estimate of drug-likeness (QED) is 0.437. The predicted octanol–water partition coefficient (Wildman–Crippen LogP) is 0.139. The van der Waals surface area contributed by atoms with Gasteiger partial charge in [0.05, 0.1) is 6.61 Å². The molecular weight excluding hydrogens is 154 g/mol. The molecule has 0 aliphatic heterocycles. The second kappa shape index (κ2) is 7.14. The van der Waals surface area contributed by atoms with Crippen molar-refractivity contribution < 1.29 is 13.5 Å². The fourth-order valence-corrected chi connectivity index (χ4v) is 0.705.